The van der Waals surface area contributed by atoms with Crippen molar-refractivity contribution in [3.63, 3.8) is 0 Å². The summed E-state index contributed by atoms with van der Waals surface area (Å²) in [4.78, 5) is 15.8. The number of fused-ring (bicyclic) bond motifs is 1. The summed E-state index contributed by atoms with van der Waals surface area (Å²) >= 11 is 0. The number of hydrogen-bond acceptors (Lipinski definition) is 3. The van der Waals surface area contributed by atoms with E-state index in [0.29, 0.717) is 13.0 Å². The fraction of sp³-hybridized carbons (Fsp3) is 0.333. The Morgan fingerprint density at radius 1 is 1.47 bits per heavy atom. The Morgan fingerprint density at radius 2 is 2.42 bits per heavy atom. The minimum Gasteiger partial charge on any atom is -0.368 e. The maximum atomic E-state index is 11.8. The molecule has 0 N–H and O–H groups in total. The van der Waals surface area contributed by atoms with Crippen molar-refractivity contribution in [3.8, 4) is 0 Å². The zero-order valence-electron chi connectivity index (χ0n) is 10.7. The fourth-order valence-corrected chi connectivity index (χ4v) is 2.35. The largest absolute Gasteiger partial charge is 0.368 e. The summed E-state index contributed by atoms with van der Waals surface area (Å²) in [6, 6.07) is 0. The van der Waals surface area contributed by atoms with E-state index in [9.17, 15) is 4.79 Å². The average Bonchev–Trinajstić information content (AvgIpc) is 2.93. The number of rotatable bonds is 4. The summed E-state index contributed by atoms with van der Waals surface area (Å²) in [5.41, 5.74) is 1.87. The zero-order chi connectivity index (χ0) is 13.1. The number of carbonyl (C=O) groups excluding carboxylic acids is 1. The van der Waals surface area contributed by atoms with Crippen LogP contribution in [0.4, 0.5) is 0 Å². The number of imidazole rings is 1. The van der Waals surface area contributed by atoms with Crippen molar-refractivity contribution in [1.29, 1.82) is 0 Å². The highest BCUT2D eigenvalue weighted by Crippen LogP contribution is 2.26. The Balaban J connectivity index is 1.59. The standard InChI is InChI=1S/C15H16N2O2/c18-15-3-1-2-12-4-5-13(10-14(12)15)19-9-8-17-7-6-16-11-17/h2,4-7,10-11,13H,1,3,8-9H2. The van der Waals surface area contributed by atoms with Crippen LogP contribution in [0.2, 0.25) is 0 Å². The number of Topliss-reactive ketones (excluding diaryl/α,β-unsaturated/α-hetero) is 1. The van der Waals surface area contributed by atoms with E-state index in [1.807, 2.05) is 29.0 Å². The number of carbonyl (C=O) groups is 1. The van der Waals surface area contributed by atoms with Gasteiger partial charge in [0.15, 0.2) is 5.78 Å². The van der Waals surface area contributed by atoms with Crippen LogP contribution in [0.1, 0.15) is 12.8 Å². The van der Waals surface area contributed by atoms with E-state index in [0.717, 1.165) is 24.1 Å². The summed E-state index contributed by atoms with van der Waals surface area (Å²) in [5.74, 6) is 0.227. The van der Waals surface area contributed by atoms with Crippen LogP contribution in [0.25, 0.3) is 0 Å². The third-order valence-corrected chi connectivity index (χ3v) is 3.36. The normalized spacial score (nSPS) is 21.9. The lowest BCUT2D eigenvalue weighted by atomic mass is 9.88. The van der Waals surface area contributed by atoms with Gasteiger partial charge >= 0.3 is 0 Å². The molecule has 0 saturated carbocycles. The number of aromatic nitrogens is 2. The zero-order valence-corrected chi connectivity index (χ0v) is 10.7. The van der Waals surface area contributed by atoms with Gasteiger partial charge in [0.1, 0.15) is 0 Å². The average molecular weight is 256 g/mol. The molecule has 0 saturated heterocycles. The Morgan fingerprint density at radius 3 is 3.26 bits per heavy atom. The maximum Gasteiger partial charge on any atom is 0.163 e. The predicted octanol–water partition coefficient (Wildman–Crippen LogP) is 2.05. The van der Waals surface area contributed by atoms with Gasteiger partial charge in [0.2, 0.25) is 0 Å². The van der Waals surface area contributed by atoms with Gasteiger partial charge in [-0.3, -0.25) is 4.79 Å². The van der Waals surface area contributed by atoms with Gasteiger partial charge in [-0.05, 0) is 18.1 Å². The summed E-state index contributed by atoms with van der Waals surface area (Å²) in [5, 5.41) is 0. The van der Waals surface area contributed by atoms with Crippen LogP contribution in [-0.4, -0.2) is 28.0 Å². The van der Waals surface area contributed by atoms with Gasteiger partial charge in [-0.15, -0.1) is 0 Å². The molecule has 1 atom stereocenters. The van der Waals surface area contributed by atoms with E-state index < -0.39 is 0 Å². The first-order chi connectivity index (χ1) is 9.33. The van der Waals surface area contributed by atoms with Crippen LogP contribution < -0.4 is 0 Å². The molecule has 1 aromatic heterocycles. The molecule has 1 heterocycles. The van der Waals surface area contributed by atoms with Crippen LogP contribution in [0, 0.1) is 0 Å². The van der Waals surface area contributed by atoms with Crippen LogP contribution in [-0.2, 0) is 16.1 Å². The molecule has 1 unspecified atom stereocenters. The van der Waals surface area contributed by atoms with Crippen LogP contribution in [0.5, 0.6) is 0 Å². The molecule has 2 aliphatic rings. The molecule has 3 rings (SSSR count). The van der Waals surface area contributed by atoms with Gasteiger partial charge < -0.3 is 9.30 Å². The molecular weight excluding hydrogens is 240 g/mol. The van der Waals surface area contributed by atoms with E-state index in [2.05, 4.69) is 11.1 Å². The second-order valence-corrected chi connectivity index (χ2v) is 4.70. The van der Waals surface area contributed by atoms with Crippen LogP contribution in [0.15, 0.2) is 54.2 Å². The summed E-state index contributed by atoms with van der Waals surface area (Å²) in [6.07, 6.45) is 14.8. The van der Waals surface area contributed by atoms with E-state index in [4.69, 9.17) is 4.74 Å². The lowest BCUT2D eigenvalue weighted by Gasteiger charge is -2.21. The van der Waals surface area contributed by atoms with Crippen molar-refractivity contribution in [1.82, 2.24) is 9.55 Å². The van der Waals surface area contributed by atoms with Crippen molar-refractivity contribution in [2.24, 2.45) is 0 Å². The van der Waals surface area contributed by atoms with E-state index in [1.54, 1.807) is 12.5 Å². The van der Waals surface area contributed by atoms with Crippen molar-refractivity contribution in [2.75, 3.05) is 6.61 Å². The minimum absolute atomic E-state index is 0.0993. The lowest BCUT2D eigenvalue weighted by molar-refractivity contribution is -0.115. The van der Waals surface area contributed by atoms with Crippen LogP contribution >= 0.6 is 0 Å². The van der Waals surface area contributed by atoms with Gasteiger partial charge in [-0.1, -0.05) is 18.2 Å². The summed E-state index contributed by atoms with van der Waals surface area (Å²) < 4.78 is 7.73. The monoisotopic (exact) mass is 256 g/mol. The van der Waals surface area contributed by atoms with Gasteiger partial charge in [0.25, 0.3) is 0 Å². The molecule has 98 valence electrons. The van der Waals surface area contributed by atoms with E-state index >= 15 is 0 Å². The first-order valence-corrected chi connectivity index (χ1v) is 6.54. The Hall–Kier alpha value is -1.94. The molecule has 0 aromatic carbocycles. The third kappa shape index (κ3) is 2.74. The fourth-order valence-electron chi connectivity index (χ4n) is 2.35. The quantitative estimate of drug-likeness (QED) is 0.828. The molecule has 0 fully saturated rings. The van der Waals surface area contributed by atoms with E-state index in [-0.39, 0.29) is 11.9 Å². The van der Waals surface area contributed by atoms with E-state index in [1.165, 1.54) is 0 Å². The summed E-state index contributed by atoms with van der Waals surface area (Å²) in [6.45, 7) is 1.37. The number of nitrogens with zero attached hydrogens (tertiary/aromatic N) is 2. The van der Waals surface area contributed by atoms with Crippen LogP contribution in [0.3, 0.4) is 0 Å². The molecule has 0 amide bonds. The molecule has 0 bridgehead atoms. The number of ketones is 1. The molecule has 4 heteroatoms. The van der Waals surface area contributed by atoms with Gasteiger partial charge in [0, 0.05) is 30.9 Å². The van der Waals surface area contributed by atoms with Gasteiger partial charge in [-0.2, -0.15) is 0 Å². The highest BCUT2D eigenvalue weighted by molar-refractivity contribution is 6.02. The van der Waals surface area contributed by atoms with Crippen molar-refractivity contribution in [2.45, 2.75) is 25.5 Å². The highest BCUT2D eigenvalue weighted by Gasteiger charge is 2.21. The Kier molecular flexibility index (Phi) is 3.42. The molecule has 0 radical (unpaired) electrons. The third-order valence-electron chi connectivity index (χ3n) is 3.36. The number of ether oxygens (including phenoxy) is 1. The molecule has 1 aromatic rings. The molecular formula is C15H16N2O2. The first-order valence-electron chi connectivity index (χ1n) is 6.54. The minimum atomic E-state index is -0.0993. The highest BCUT2D eigenvalue weighted by atomic mass is 16.5. The topological polar surface area (TPSA) is 44.1 Å². The van der Waals surface area contributed by atoms with Crippen molar-refractivity contribution >= 4 is 5.78 Å². The Bertz CT molecular complexity index is 553. The Labute approximate surface area is 112 Å². The predicted molar refractivity (Wildman–Crippen MR) is 71.5 cm³/mol. The van der Waals surface area contributed by atoms with Crippen molar-refractivity contribution in [3.05, 3.63) is 54.2 Å². The molecule has 4 nitrogen and oxygen atoms in total. The molecule has 19 heavy (non-hydrogen) atoms. The second-order valence-electron chi connectivity index (χ2n) is 4.70. The summed E-state index contributed by atoms with van der Waals surface area (Å²) in [7, 11) is 0. The molecule has 0 aliphatic heterocycles. The number of hydrogen-bond donors (Lipinski definition) is 0. The van der Waals surface area contributed by atoms with Gasteiger partial charge in [-0.25, -0.2) is 4.98 Å². The molecule has 2 aliphatic carbocycles. The second kappa shape index (κ2) is 5.36. The SMILES string of the molecule is O=C1CCC=C2C=CC(OCCn3ccnc3)C=C12. The first kappa shape index (κ1) is 12.1. The smallest absolute Gasteiger partial charge is 0.163 e. The number of allylic oxidation sites excluding steroid dienone is 4. The van der Waals surface area contributed by atoms with Crippen molar-refractivity contribution < 1.29 is 9.53 Å². The maximum absolute atomic E-state index is 11.8. The lowest BCUT2D eigenvalue weighted by Crippen LogP contribution is -2.19. The molecule has 0 spiro atoms. The van der Waals surface area contributed by atoms with Gasteiger partial charge in [0.05, 0.1) is 19.0 Å².